The number of carbonyl (C=O) groups is 1. The van der Waals surface area contributed by atoms with Gasteiger partial charge in [-0.05, 0) is 32.8 Å². The molecular formula is C20H22N2O3S. The molecule has 3 aromatic rings. The first-order valence-electron chi connectivity index (χ1n) is 8.68. The minimum Gasteiger partial charge on any atom is -0.464 e. The maximum atomic E-state index is 13.1. The first-order chi connectivity index (χ1) is 12.4. The zero-order valence-electron chi connectivity index (χ0n) is 15.4. The molecule has 0 aliphatic heterocycles. The molecule has 0 bridgehead atoms. The molecule has 1 aromatic carbocycles. The number of ether oxygens (including phenoxy) is 1. The summed E-state index contributed by atoms with van der Waals surface area (Å²) in [5, 5.41) is 0.564. The molecule has 0 aliphatic rings. The van der Waals surface area contributed by atoms with Crippen LogP contribution in [0.5, 0.6) is 0 Å². The van der Waals surface area contributed by atoms with E-state index in [4.69, 9.17) is 4.74 Å². The number of hydrogen-bond acceptors (Lipinski definition) is 5. The van der Waals surface area contributed by atoms with Crippen LogP contribution in [0, 0.1) is 13.8 Å². The SMILES string of the molecule is CCCOC(=O)[C@H](C)n1cnc2sc(C)c(-c3ccc(C)cc3)c2c1=O. The van der Waals surface area contributed by atoms with Crippen molar-refractivity contribution in [2.24, 2.45) is 0 Å². The number of fused-ring (bicyclic) bond motifs is 1. The van der Waals surface area contributed by atoms with Crippen LogP contribution in [0.25, 0.3) is 21.3 Å². The summed E-state index contributed by atoms with van der Waals surface area (Å²) < 4.78 is 6.55. The summed E-state index contributed by atoms with van der Waals surface area (Å²) in [4.78, 5) is 31.5. The number of rotatable bonds is 5. The minimum atomic E-state index is -0.711. The number of hydrogen-bond donors (Lipinski definition) is 0. The Hall–Kier alpha value is -2.47. The van der Waals surface area contributed by atoms with Crippen molar-refractivity contribution in [3.63, 3.8) is 0 Å². The van der Waals surface area contributed by atoms with Crippen LogP contribution in [0.4, 0.5) is 0 Å². The van der Waals surface area contributed by atoms with Crippen molar-refractivity contribution >= 4 is 27.5 Å². The van der Waals surface area contributed by atoms with E-state index in [0.717, 1.165) is 28.0 Å². The number of nitrogens with zero attached hydrogens (tertiary/aromatic N) is 2. The van der Waals surface area contributed by atoms with Crippen LogP contribution >= 0.6 is 11.3 Å². The van der Waals surface area contributed by atoms with Crippen LogP contribution in [0.3, 0.4) is 0 Å². The fourth-order valence-electron chi connectivity index (χ4n) is 2.90. The monoisotopic (exact) mass is 370 g/mol. The standard InChI is InChI=1S/C20H22N2O3S/c1-5-10-25-20(24)13(3)22-11-21-18-17(19(22)23)16(14(4)26-18)15-8-6-12(2)7-9-15/h6-9,11,13H,5,10H2,1-4H3/t13-/m0/s1. The van der Waals surface area contributed by atoms with Gasteiger partial charge < -0.3 is 4.74 Å². The third kappa shape index (κ3) is 3.29. The molecule has 0 saturated carbocycles. The molecular weight excluding hydrogens is 348 g/mol. The Labute approximate surface area is 156 Å². The van der Waals surface area contributed by atoms with Crippen LogP contribution in [-0.2, 0) is 9.53 Å². The smallest absolute Gasteiger partial charge is 0.328 e. The van der Waals surface area contributed by atoms with Crippen molar-refractivity contribution in [2.75, 3.05) is 6.61 Å². The van der Waals surface area contributed by atoms with Crippen molar-refractivity contribution in [3.8, 4) is 11.1 Å². The van der Waals surface area contributed by atoms with E-state index in [1.807, 2.05) is 45.0 Å². The predicted octanol–water partition coefficient (Wildman–Crippen LogP) is 4.26. The van der Waals surface area contributed by atoms with Gasteiger partial charge in [-0.25, -0.2) is 9.78 Å². The molecule has 0 unspecified atom stereocenters. The van der Waals surface area contributed by atoms with Crippen LogP contribution in [0.1, 0.15) is 36.8 Å². The maximum absolute atomic E-state index is 13.1. The van der Waals surface area contributed by atoms with Crippen molar-refractivity contribution < 1.29 is 9.53 Å². The van der Waals surface area contributed by atoms with Gasteiger partial charge in [0.05, 0.1) is 18.3 Å². The van der Waals surface area contributed by atoms with Crippen molar-refractivity contribution in [1.82, 2.24) is 9.55 Å². The largest absolute Gasteiger partial charge is 0.464 e. The number of benzene rings is 1. The first kappa shape index (κ1) is 18.3. The van der Waals surface area contributed by atoms with Gasteiger partial charge in [-0.15, -0.1) is 11.3 Å². The summed E-state index contributed by atoms with van der Waals surface area (Å²) in [5.74, 6) is -0.418. The van der Waals surface area contributed by atoms with Crippen LogP contribution in [0.2, 0.25) is 0 Å². The summed E-state index contributed by atoms with van der Waals surface area (Å²) in [6.45, 7) is 7.96. The molecule has 0 N–H and O–H groups in total. The van der Waals surface area contributed by atoms with Gasteiger partial charge in [-0.2, -0.15) is 0 Å². The highest BCUT2D eigenvalue weighted by Crippen LogP contribution is 2.35. The molecule has 136 valence electrons. The zero-order chi connectivity index (χ0) is 18.8. The van der Waals surface area contributed by atoms with Gasteiger partial charge in [-0.1, -0.05) is 36.8 Å². The van der Waals surface area contributed by atoms with Crippen LogP contribution < -0.4 is 5.56 Å². The summed E-state index contributed by atoms with van der Waals surface area (Å²) in [6, 6.07) is 7.37. The highest BCUT2D eigenvalue weighted by Gasteiger charge is 2.22. The van der Waals surface area contributed by atoms with E-state index < -0.39 is 12.0 Å². The third-order valence-electron chi connectivity index (χ3n) is 4.36. The zero-order valence-corrected chi connectivity index (χ0v) is 16.2. The van der Waals surface area contributed by atoms with Gasteiger partial charge in [0.15, 0.2) is 0 Å². The van der Waals surface area contributed by atoms with Crippen LogP contribution in [-0.4, -0.2) is 22.1 Å². The lowest BCUT2D eigenvalue weighted by atomic mass is 10.0. The molecule has 1 atom stereocenters. The molecule has 0 radical (unpaired) electrons. The Bertz CT molecular complexity index is 1000. The van der Waals surface area contributed by atoms with E-state index in [1.165, 1.54) is 22.2 Å². The molecule has 0 fully saturated rings. The van der Waals surface area contributed by atoms with Gasteiger partial charge >= 0.3 is 5.97 Å². The molecule has 0 aliphatic carbocycles. The normalized spacial score (nSPS) is 12.3. The number of aryl methyl sites for hydroxylation is 2. The van der Waals surface area contributed by atoms with Crippen molar-refractivity contribution in [1.29, 1.82) is 0 Å². The molecule has 2 heterocycles. The summed E-state index contributed by atoms with van der Waals surface area (Å²) in [6.07, 6.45) is 2.18. The van der Waals surface area contributed by atoms with Crippen molar-refractivity contribution in [2.45, 2.75) is 40.2 Å². The maximum Gasteiger partial charge on any atom is 0.328 e. The molecule has 26 heavy (non-hydrogen) atoms. The topological polar surface area (TPSA) is 61.2 Å². The molecule has 0 spiro atoms. The van der Waals surface area contributed by atoms with Gasteiger partial charge in [0.2, 0.25) is 0 Å². The predicted molar refractivity (Wildman–Crippen MR) is 105 cm³/mol. The van der Waals surface area contributed by atoms with Gasteiger partial charge in [0, 0.05) is 10.4 Å². The minimum absolute atomic E-state index is 0.212. The van der Waals surface area contributed by atoms with Gasteiger partial charge in [-0.3, -0.25) is 9.36 Å². The van der Waals surface area contributed by atoms with Gasteiger partial charge in [0.1, 0.15) is 10.9 Å². The molecule has 6 heteroatoms. The molecule has 0 saturated heterocycles. The van der Waals surface area contributed by atoms with Crippen LogP contribution in [0.15, 0.2) is 35.4 Å². The second-order valence-electron chi connectivity index (χ2n) is 6.38. The Morgan fingerprint density at radius 1 is 1.27 bits per heavy atom. The van der Waals surface area contributed by atoms with E-state index in [1.54, 1.807) is 6.92 Å². The van der Waals surface area contributed by atoms with Crippen molar-refractivity contribution in [3.05, 3.63) is 51.4 Å². The second-order valence-corrected chi connectivity index (χ2v) is 7.58. The van der Waals surface area contributed by atoms with Gasteiger partial charge in [0.25, 0.3) is 5.56 Å². The molecule has 0 amide bonds. The lowest BCUT2D eigenvalue weighted by Gasteiger charge is -2.14. The Balaban J connectivity index is 2.14. The highest BCUT2D eigenvalue weighted by atomic mass is 32.1. The number of thiophene rings is 1. The lowest BCUT2D eigenvalue weighted by molar-refractivity contribution is -0.147. The quantitative estimate of drug-likeness (QED) is 0.630. The third-order valence-corrected chi connectivity index (χ3v) is 5.37. The van der Waals surface area contributed by atoms with E-state index in [0.29, 0.717) is 16.8 Å². The average molecular weight is 370 g/mol. The molecule has 2 aromatic heterocycles. The number of esters is 1. The van der Waals surface area contributed by atoms with E-state index in [2.05, 4.69) is 4.98 Å². The Kier molecular flexibility index (Phi) is 5.23. The highest BCUT2D eigenvalue weighted by molar-refractivity contribution is 7.19. The number of carbonyl (C=O) groups excluding carboxylic acids is 1. The fraction of sp³-hybridized carbons (Fsp3) is 0.350. The Morgan fingerprint density at radius 3 is 2.62 bits per heavy atom. The molecule has 3 rings (SSSR count). The summed E-state index contributed by atoms with van der Waals surface area (Å²) >= 11 is 1.49. The molecule has 5 nitrogen and oxygen atoms in total. The van der Waals surface area contributed by atoms with E-state index in [9.17, 15) is 9.59 Å². The fourth-order valence-corrected chi connectivity index (χ4v) is 3.90. The second kappa shape index (κ2) is 7.41. The van der Waals surface area contributed by atoms with E-state index >= 15 is 0 Å². The number of aromatic nitrogens is 2. The summed E-state index contributed by atoms with van der Waals surface area (Å²) in [7, 11) is 0. The first-order valence-corrected chi connectivity index (χ1v) is 9.49. The average Bonchev–Trinajstić information content (AvgIpc) is 2.97. The van der Waals surface area contributed by atoms with E-state index in [-0.39, 0.29) is 5.56 Å². The lowest BCUT2D eigenvalue weighted by Crippen LogP contribution is -2.29. The Morgan fingerprint density at radius 2 is 1.96 bits per heavy atom. The summed E-state index contributed by atoms with van der Waals surface area (Å²) in [5.41, 5.74) is 2.83.